The summed E-state index contributed by atoms with van der Waals surface area (Å²) in [6.45, 7) is 0. The monoisotopic (exact) mass is 339 g/mol. The number of aromatic amines is 1. The molecule has 2 N–H and O–H groups in total. The fourth-order valence-corrected chi connectivity index (χ4v) is 1.89. The van der Waals surface area contributed by atoms with Gasteiger partial charge in [0.05, 0.1) is 6.20 Å². The van der Waals surface area contributed by atoms with Crippen LogP contribution in [0.5, 0.6) is 0 Å². The van der Waals surface area contributed by atoms with Crippen LogP contribution in [-0.2, 0) is 0 Å². The van der Waals surface area contributed by atoms with Crippen LogP contribution >= 0.6 is 22.6 Å². The Morgan fingerprint density at radius 3 is 2.88 bits per heavy atom. The van der Waals surface area contributed by atoms with Gasteiger partial charge in [-0.25, -0.2) is 15.0 Å². The molecule has 0 saturated heterocycles. The molecule has 0 spiro atoms. The van der Waals surface area contributed by atoms with Crippen LogP contribution in [0.15, 0.2) is 24.9 Å². The van der Waals surface area contributed by atoms with E-state index in [1.165, 1.54) is 6.33 Å². The second kappa shape index (κ2) is 4.20. The van der Waals surface area contributed by atoms with Gasteiger partial charge in [0.25, 0.3) is 0 Å². The van der Waals surface area contributed by atoms with Crippen molar-refractivity contribution in [2.45, 2.75) is 0 Å². The lowest BCUT2D eigenvalue weighted by molar-refractivity contribution is 1.09. The maximum Gasteiger partial charge on any atom is 0.163 e. The first-order valence-electron chi connectivity index (χ1n) is 4.72. The quantitative estimate of drug-likeness (QED) is 0.688. The first kappa shape index (κ1) is 10.3. The highest BCUT2D eigenvalue weighted by molar-refractivity contribution is 14.1. The van der Waals surface area contributed by atoms with Crippen molar-refractivity contribution in [1.82, 2.24) is 30.1 Å². The summed E-state index contributed by atoms with van der Waals surface area (Å²) in [6.07, 6.45) is 6.32. The Morgan fingerprint density at radius 2 is 2.06 bits per heavy atom. The number of nitrogens with zero attached hydrogens (tertiary/aromatic N) is 5. The van der Waals surface area contributed by atoms with E-state index in [1.54, 1.807) is 18.6 Å². The number of anilines is 2. The predicted molar refractivity (Wildman–Crippen MR) is 69.7 cm³/mol. The molecule has 0 atom stereocenters. The molecule has 3 aromatic rings. The molecule has 0 aromatic carbocycles. The molecule has 3 rings (SSSR count). The Morgan fingerprint density at radius 1 is 1.12 bits per heavy atom. The van der Waals surface area contributed by atoms with Crippen molar-refractivity contribution >= 4 is 45.3 Å². The molecule has 0 aliphatic heterocycles. The number of hydrogen-bond acceptors (Lipinski definition) is 6. The van der Waals surface area contributed by atoms with Crippen molar-refractivity contribution in [2.24, 2.45) is 0 Å². The summed E-state index contributed by atoms with van der Waals surface area (Å²) in [6, 6.07) is 0. The Balaban J connectivity index is 2.06. The third-order valence-electron chi connectivity index (χ3n) is 2.11. The molecule has 0 radical (unpaired) electrons. The van der Waals surface area contributed by atoms with Gasteiger partial charge in [-0.05, 0) is 22.6 Å². The van der Waals surface area contributed by atoms with Crippen LogP contribution in [-0.4, -0.2) is 30.1 Å². The van der Waals surface area contributed by atoms with Gasteiger partial charge in [0.1, 0.15) is 21.4 Å². The van der Waals surface area contributed by atoms with Crippen molar-refractivity contribution in [1.29, 1.82) is 0 Å². The minimum atomic E-state index is 0.606. The van der Waals surface area contributed by atoms with Crippen LogP contribution in [0.3, 0.4) is 0 Å². The zero-order chi connectivity index (χ0) is 11.7. The van der Waals surface area contributed by atoms with Crippen LogP contribution in [0.1, 0.15) is 0 Å². The van der Waals surface area contributed by atoms with Gasteiger partial charge in [-0.3, -0.25) is 10.1 Å². The molecule has 0 aliphatic rings. The van der Waals surface area contributed by atoms with Gasteiger partial charge in [0, 0.05) is 12.4 Å². The second-order valence-corrected chi connectivity index (χ2v) is 4.25. The minimum Gasteiger partial charge on any atom is -0.322 e. The van der Waals surface area contributed by atoms with E-state index in [0.29, 0.717) is 17.2 Å². The SMILES string of the molecule is Ic1[nH]nc2c(Nc3cnccn3)ncnc12. The minimum absolute atomic E-state index is 0.606. The van der Waals surface area contributed by atoms with Gasteiger partial charge in [-0.2, -0.15) is 5.10 Å². The zero-order valence-electron chi connectivity index (χ0n) is 8.42. The smallest absolute Gasteiger partial charge is 0.163 e. The van der Waals surface area contributed by atoms with Gasteiger partial charge >= 0.3 is 0 Å². The fraction of sp³-hybridized carbons (Fsp3) is 0. The van der Waals surface area contributed by atoms with Gasteiger partial charge in [0.15, 0.2) is 11.3 Å². The molecule has 7 nitrogen and oxygen atoms in total. The van der Waals surface area contributed by atoms with Gasteiger partial charge in [0.2, 0.25) is 0 Å². The van der Waals surface area contributed by atoms with Crippen LogP contribution < -0.4 is 5.32 Å². The maximum absolute atomic E-state index is 4.15. The van der Waals surface area contributed by atoms with E-state index in [0.717, 1.165) is 9.22 Å². The van der Waals surface area contributed by atoms with E-state index in [9.17, 15) is 0 Å². The molecule has 8 heteroatoms. The number of halogens is 1. The zero-order valence-corrected chi connectivity index (χ0v) is 10.6. The Bertz CT molecular complexity index is 651. The summed E-state index contributed by atoms with van der Waals surface area (Å²) >= 11 is 2.14. The predicted octanol–water partition coefficient (Wildman–Crippen LogP) is 1.49. The lowest BCUT2D eigenvalue weighted by atomic mass is 10.4. The molecular formula is C9H6IN7. The van der Waals surface area contributed by atoms with E-state index in [1.807, 2.05) is 0 Å². The number of aromatic nitrogens is 6. The van der Waals surface area contributed by atoms with E-state index in [4.69, 9.17) is 0 Å². The van der Waals surface area contributed by atoms with E-state index in [2.05, 4.69) is 58.0 Å². The Hall–Kier alpha value is -1.84. The number of fused-ring (bicyclic) bond motifs is 1. The third-order valence-corrected chi connectivity index (χ3v) is 2.86. The third kappa shape index (κ3) is 1.90. The van der Waals surface area contributed by atoms with Crippen LogP contribution in [0.4, 0.5) is 11.6 Å². The lowest BCUT2D eigenvalue weighted by Gasteiger charge is -2.03. The number of rotatable bonds is 2. The molecule has 0 amide bonds. The molecule has 3 aromatic heterocycles. The average Bonchev–Trinajstić information content (AvgIpc) is 2.74. The normalized spacial score (nSPS) is 10.6. The first-order chi connectivity index (χ1) is 8.34. The molecule has 0 saturated carbocycles. The summed E-state index contributed by atoms with van der Waals surface area (Å²) < 4.78 is 0.877. The van der Waals surface area contributed by atoms with Crippen molar-refractivity contribution in [3.05, 3.63) is 28.6 Å². The highest BCUT2D eigenvalue weighted by atomic mass is 127. The maximum atomic E-state index is 4.15. The molecule has 0 unspecified atom stereocenters. The van der Waals surface area contributed by atoms with Crippen molar-refractivity contribution in [3.8, 4) is 0 Å². The van der Waals surface area contributed by atoms with Gasteiger partial charge < -0.3 is 5.32 Å². The Kier molecular flexibility index (Phi) is 2.55. The lowest BCUT2D eigenvalue weighted by Crippen LogP contribution is -1.97. The molecule has 0 bridgehead atoms. The van der Waals surface area contributed by atoms with E-state index in [-0.39, 0.29) is 0 Å². The van der Waals surface area contributed by atoms with Gasteiger partial charge in [-0.15, -0.1) is 0 Å². The summed E-state index contributed by atoms with van der Waals surface area (Å²) in [4.78, 5) is 16.4. The highest BCUT2D eigenvalue weighted by Crippen LogP contribution is 2.22. The molecule has 3 heterocycles. The van der Waals surface area contributed by atoms with Crippen molar-refractivity contribution in [2.75, 3.05) is 5.32 Å². The van der Waals surface area contributed by atoms with Crippen LogP contribution in [0.2, 0.25) is 0 Å². The standard InChI is InChI=1S/C9H6IN7/c10-8-6-7(16-17-8)9(14-4-13-6)15-5-3-11-1-2-12-5/h1-4H,(H,16,17)(H,12,13,14,15). The molecular weight excluding hydrogens is 333 g/mol. The van der Waals surface area contributed by atoms with Crippen molar-refractivity contribution < 1.29 is 0 Å². The van der Waals surface area contributed by atoms with Gasteiger partial charge in [-0.1, -0.05) is 0 Å². The second-order valence-electron chi connectivity index (χ2n) is 3.17. The summed E-state index contributed by atoms with van der Waals surface area (Å²) in [5.74, 6) is 1.22. The molecule has 0 aliphatic carbocycles. The number of nitrogens with one attached hydrogen (secondary N) is 2. The molecule has 17 heavy (non-hydrogen) atoms. The summed E-state index contributed by atoms with van der Waals surface area (Å²) in [5, 5.41) is 10.1. The topological polar surface area (TPSA) is 92.3 Å². The summed E-state index contributed by atoms with van der Waals surface area (Å²) in [7, 11) is 0. The Labute approximate surface area is 109 Å². The molecule has 0 fully saturated rings. The van der Waals surface area contributed by atoms with Crippen molar-refractivity contribution in [3.63, 3.8) is 0 Å². The molecule has 84 valence electrons. The number of hydrogen-bond donors (Lipinski definition) is 2. The summed E-state index contributed by atoms with van der Waals surface area (Å²) in [5.41, 5.74) is 1.47. The largest absolute Gasteiger partial charge is 0.322 e. The average molecular weight is 339 g/mol. The van der Waals surface area contributed by atoms with E-state index >= 15 is 0 Å². The van der Waals surface area contributed by atoms with Crippen LogP contribution in [0, 0.1) is 3.70 Å². The highest BCUT2D eigenvalue weighted by Gasteiger charge is 2.10. The number of H-pyrrole nitrogens is 1. The van der Waals surface area contributed by atoms with E-state index < -0.39 is 0 Å². The first-order valence-corrected chi connectivity index (χ1v) is 5.80. The fourth-order valence-electron chi connectivity index (χ4n) is 1.38. The van der Waals surface area contributed by atoms with Crippen LogP contribution in [0.25, 0.3) is 11.0 Å².